The van der Waals surface area contributed by atoms with Gasteiger partial charge in [0.1, 0.15) is 15.9 Å². The summed E-state index contributed by atoms with van der Waals surface area (Å²) in [5.74, 6) is 1.76. The summed E-state index contributed by atoms with van der Waals surface area (Å²) in [6.07, 6.45) is 0. The van der Waals surface area contributed by atoms with E-state index < -0.39 is 0 Å². The van der Waals surface area contributed by atoms with Crippen molar-refractivity contribution in [2.75, 3.05) is 24.5 Å². The van der Waals surface area contributed by atoms with Crippen LogP contribution in [0.5, 0.6) is 0 Å². The zero-order chi connectivity index (χ0) is 22.1. The lowest BCUT2D eigenvalue weighted by Gasteiger charge is -2.27. The summed E-state index contributed by atoms with van der Waals surface area (Å²) in [6.45, 7) is 5.82. The first-order valence-corrected chi connectivity index (χ1v) is 11.9. The van der Waals surface area contributed by atoms with E-state index in [1.807, 2.05) is 6.92 Å². The van der Waals surface area contributed by atoms with Crippen LogP contribution in [-0.4, -0.2) is 34.2 Å². The van der Waals surface area contributed by atoms with Gasteiger partial charge in [0.05, 0.1) is 15.7 Å². The average molecular weight is 497 g/mol. The largest absolute Gasteiger partial charge is 0.354 e. The van der Waals surface area contributed by atoms with Gasteiger partial charge in [-0.3, -0.25) is 9.36 Å². The number of hydrogen-bond donors (Lipinski definition) is 1. The number of benzene rings is 1. The van der Waals surface area contributed by atoms with Crippen LogP contribution in [0.4, 0.5) is 5.82 Å². The number of piperidine rings is 1. The number of aryl methyl sites for hydroxylation is 2. The molecule has 1 saturated heterocycles. The van der Waals surface area contributed by atoms with E-state index in [-0.39, 0.29) is 21.0 Å². The quantitative estimate of drug-likeness (QED) is 0.585. The molecule has 162 valence electrons. The molecule has 1 aliphatic carbocycles. The van der Waals surface area contributed by atoms with Crippen LogP contribution in [0.15, 0.2) is 28.4 Å². The fourth-order valence-electron chi connectivity index (χ4n) is 4.93. The van der Waals surface area contributed by atoms with Gasteiger partial charge in [0.15, 0.2) is 5.82 Å². The molecule has 2 N–H and O–H groups in total. The minimum absolute atomic E-state index is 0.0692. The number of halogens is 3. The first kappa shape index (κ1) is 21.2. The molecular formula is C21H20Cl3N5OS. The summed E-state index contributed by atoms with van der Waals surface area (Å²) in [5.41, 5.74) is 7.26. The highest BCUT2D eigenvalue weighted by Crippen LogP contribution is 2.63. The number of nitrogens with two attached hydrogens (primary N) is 1. The molecular weight excluding hydrogens is 477 g/mol. The Morgan fingerprint density at radius 1 is 1.16 bits per heavy atom. The second-order valence-corrected chi connectivity index (χ2v) is 10.2. The smallest absolute Gasteiger partial charge is 0.279 e. The van der Waals surface area contributed by atoms with Crippen LogP contribution in [0.25, 0.3) is 5.69 Å². The molecule has 3 heterocycles. The van der Waals surface area contributed by atoms with Crippen molar-refractivity contribution in [1.82, 2.24) is 14.5 Å². The van der Waals surface area contributed by atoms with Gasteiger partial charge in [-0.1, -0.05) is 40.9 Å². The Hall–Kier alpha value is -1.64. The lowest BCUT2D eigenvalue weighted by Crippen LogP contribution is -2.36. The molecule has 0 amide bonds. The van der Waals surface area contributed by atoms with E-state index in [0.29, 0.717) is 40.7 Å². The van der Waals surface area contributed by atoms with E-state index >= 15 is 0 Å². The average Bonchev–Trinajstić information content (AvgIpc) is 3.08. The van der Waals surface area contributed by atoms with E-state index in [1.165, 1.54) is 4.57 Å². The van der Waals surface area contributed by atoms with Gasteiger partial charge in [-0.25, -0.2) is 9.97 Å². The van der Waals surface area contributed by atoms with Crippen LogP contribution in [0.1, 0.15) is 16.5 Å². The van der Waals surface area contributed by atoms with Crippen LogP contribution in [0.2, 0.25) is 15.1 Å². The van der Waals surface area contributed by atoms with Crippen LogP contribution in [0.3, 0.4) is 0 Å². The van der Waals surface area contributed by atoms with E-state index in [1.54, 1.807) is 36.5 Å². The minimum atomic E-state index is -0.366. The maximum Gasteiger partial charge on any atom is 0.279 e. The zero-order valence-electron chi connectivity index (χ0n) is 16.9. The number of aromatic nitrogens is 3. The van der Waals surface area contributed by atoms with Gasteiger partial charge in [0, 0.05) is 36.1 Å². The van der Waals surface area contributed by atoms with Gasteiger partial charge in [-0.2, -0.15) is 0 Å². The van der Waals surface area contributed by atoms with Crippen LogP contribution < -0.4 is 16.2 Å². The third kappa shape index (κ3) is 3.05. The predicted octanol–water partition coefficient (Wildman–Crippen LogP) is 4.23. The predicted molar refractivity (Wildman–Crippen MR) is 126 cm³/mol. The van der Waals surface area contributed by atoms with Gasteiger partial charge in [0.25, 0.3) is 5.56 Å². The second-order valence-electron chi connectivity index (χ2n) is 8.17. The van der Waals surface area contributed by atoms with Crippen molar-refractivity contribution in [3.8, 4) is 5.69 Å². The van der Waals surface area contributed by atoms with Crippen molar-refractivity contribution in [2.24, 2.45) is 17.6 Å². The summed E-state index contributed by atoms with van der Waals surface area (Å²) < 4.78 is 1.40. The molecule has 0 radical (unpaired) electrons. The Morgan fingerprint density at radius 3 is 2.48 bits per heavy atom. The molecule has 31 heavy (non-hydrogen) atoms. The highest BCUT2D eigenvalue weighted by Gasteiger charge is 2.69. The van der Waals surface area contributed by atoms with E-state index in [9.17, 15) is 4.79 Å². The van der Waals surface area contributed by atoms with Gasteiger partial charge >= 0.3 is 0 Å². The number of hydrogen-bond acceptors (Lipinski definition) is 6. The molecule has 3 atom stereocenters. The highest BCUT2D eigenvalue weighted by atomic mass is 35.5. The third-order valence-electron chi connectivity index (χ3n) is 6.54. The fourth-order valence-corrected chi connectivity index (χ4v) is 6.70. The summed E-state index contributed by atoms with van der Waals surface area (Å²) in [5, 5.41) is 3.91. The van der Waals surface area contributed by atoms with Crippen molar-refractivity contribution in [3.05, 3.63) is 65.5 Å². The third-order valence-corrected chi connectivity index (χ3v) is 8.83. The fraction of sp³-hybridized carbons (Fsp3) is 0.381. The molecule has 1 saturated carbocycles. The Labute approximate surface area is 198 Å². The zero-order valence-corrected chi connectivity index (χ0v) is 20.0. The first-order valence-electron chi connectivity index (χ1n) is 9.90. The topological polar surface area (TPSA) is 77.0 Å². The van der Waals surface area contributed by atoms with E-state index in [4.69, 9.17) is 45.5 Å². The molecule has 2 aromatic heterocycles. The van der Waals surface area contributed by atoms with Crippen molar-refractivity contribution >= 4 is 52.0 Å². The van der Waals surface area contributed by atoms with Crippen LogP contribution in [-0.2, 0) is 5.41 Å². The second kappa shape index (κ2) is 7.46. The molecule has 0 spiro atoms. The number of anilines is 1. The van der Waals surface area contributed by atoms with Crippen molar-refractivity contribution in [3.63, 3.8) is 0 Å². The molecule has 6 nitrogen and oxygen atoms in total. The van der Waals surface area contributed by atoms with Crippen LogP contribution >= 0.6 is 46.1 Å². The normalized spacial score (nSPS) is 24.5. The monoisotopic (exact) mass is 495 g/mol. The van der Waals surface area contributed by atoms with E-state index in [0.717, 1.165) is 23.8 Å². The number of fused-ring (bicyclic) bond motifs is 1. The standard InChI is InChI=1S/C21H20Cl3N5OS/c1-10-8-31-20(26-10)21(9-25)12-6-28(7-13(12)21)18-17(24)19(30)29(11(2)27-18)15-5-3-4-14(22)16(15)23/h3-5,8,12-13H,6-7,9,25H2,1-2H3/t12-,13+,21-. The lowest BCUT2D eigenvalue weighted by atomic mass is 10.0. The van der Waals surface area contributed by atoms with Gasteiger partial charge in [-0.05, 0) is 37.8 Å². The number of rotatable bonds is 4. The number of thiazole rings is 1. The van der Waals surface area contributed by atoms with Gasteiger partial charge in [0.2, 0.25) is 0 Å². The maximum atomic E-state index is 13.2. The van der Waals surface area contributed by atoms with E-state index in [2.05, 4.69) is 15.3 Å². The summed E-state index contributed by atoms with van der Waals surface area (Å²) in [4.78, 5) is 24.6. The Morgan fingerprint density at radius 2 is 1.87 bits per heavy atom. The molecule has 2 aliphatic rings. The van der Waals surface area contributed by atoms with Crippen molar-refractivity contribution < 1.29 is 0 Å². The molecule has 0 unspecified atom stereocenters. The molecule has 1 aliphatic heterocycles. The van der Waals surface area contributed by atoms with Crippen LogP contribution in [0, 0.1) is 25.7 Å². The maximum absolute atomic E-state index is 13.2. The molecule has 2 fully saturated rings. The Bertz CT molecular complexity index is 1240. The molecule has 5 rings (SSSR count). The highest BCUT2D eigenvalue weighted by molar-refractivity contribution is 7.09. The first-order chi connectivity index (χ1) is 14.8. The van der Waals surface area contributed by atoms with Crippen molar-refractivity contribution in [1.29, 1.82) is 0 Å². The molecule has 0 bridgehead atoms. The molecule has 1 aromatic carbocycles. The Kier molecular flexibility index (Phi) is 5.10. The van der Waals surface area contributed by atoms with Gasteiger partial charge < -0.3 is 10.6 Å². The van der Waals surface area contributed by atoms with Crippen molar-refractivity contribution in [2.45, 2.75) is 19.3 Å². The summed E-state index contributed by atoms with van der Waals surface area (Å²) in [6, 6.07) is 5.12. The lowest BCUT2D eigenvalue weighted by molar-refractivity contribution is 0.548. The summed E-state index contributed by atoms with van der Waals surface area (Å²) >= 11 is 20.7. The molecule has 3 aromatic rings. The molecule has 10 heteroatoms. The van der Waals surface area contributed by atoms with Gasteiger partial charge in [-0.15, -0.1) is 11.3 Å². The SMILES string of the molecule is Cc1csc([C@]2(CN)[C@@H]3CN(c4nc(C)n(-c5cccc(Cl)c5Cl)c(=O)c4Cl)C[C@@H]32)n1. The number of nitrogens with zero attached hydrogens (tertiary/aromatic N) is 4. The summed E-state index contributed by atoms with van der Waals surface area (Å²) in [7, 11) is 0. The minimum Gasteiger partial charge on any atom is -0.354 e. The Balaban J connectivity index is 1.47.